The SMILES string of the molecule is CCNC(c1ccc(C2CCC2)cc1)c1cc(Br)c(Br)s1. The predicted molar refractivity (Wildman–Crippen MR) is 98.3 cm³/mol. The topological polar surface area (TPSA) is 12.0 Å². The molecular formula is C17H19Br2NS. The highest BCUT2D eigenvalue weighted by atomic mass is 79.9. The number of hydrogen-bond donors (Lipinski definition) is 1. The zero-order valence-electron chi connectivity index (χ0n) is 12.0. The van der Waals surface area contributed by atoms with Gasteiger partial charge in [0.15, 0.2) is 0 Å². The van der Waals surface area contributed by atoms with Gasteiger partial charge in [-0.3, -0.25) is 0 Å². The second kappa shape index (κ2) is 6.95. The molecule has 1 aliphatic carbocycles. The lowest BCUT2D eigenvalue weighted by molar-refractivity contribution is 0.419. The molecule has 1 saturated carbocycles. The molecule has 1 N–H and O–H groups in total. The maximum Gasteiger partial charge on any atom is 0.0843 e. The number of hydrogen-bond acceptors (Lipinski definition) is 2. The Morgan fingerprint density at radius 1 is 1.24 bits per heavy atom. The molecule has 0 aliphatic heterocycles. The molecule has 3 rings (SSSR count). The summed E-state index contributed by atoms with van der Waals surface area (Å²) in [7, 11) is 0. The Labute approximate surface area is 147 Å². The Kier molecular flexibility index (Phi) is 5.20. The van der Waals surface area contributed by atoms with Crippen molar-refractivity contribution in [1.82, 2.24) is 5.32 Å². The van der Waals surface area contributed by atoms with E-state index in [2.05, 4.69) is 74.4 Å². The zero-order valence-corrected chi connectivity index (χ0v) is 16.0. The van der Waals surface area contributed by atoms with E-state index in [0.717, 1.165) is 20.7 Å². The van der Waals surface area contributed by atoms with E-state index >= 15 is 0 Å². The largest absolute Gasteiger partial charge is 0.306 e. The maximum atomic E-state index is 3.60. The van der Waals surface area contributed by atoms with Crippen molar-refractivity contribution >= 4 is 43.2 Å². The van der Waals surface area contributed by atoms with Crippen molar-refractivity contribution in [1.29, 1.82) is 0 Å². The Bertz CT molecular complexity index is 582. The Balaban J connectivity index is 1.85. The van der Waals surface area contributed by atoms with E-state index in [-0.39, 0.29) is 6.04 Å². The van der Waals surface area contributed by atoms with Crippen LogP contribution in [0.1, 0.15) is 54.1 Å². The second-order valence-corrected chi connectivity index (χ2v) is 8.81. The van der Waals surface area contributed by atoms with Crippen molar-refractivity contribution in [3.05, 3.63) is 54.6 Å². The lowest BCUT2D eigenvalue weighted by atomic mass is 9.80. The first-order valence-corrected chi connectivity index (χ1v) is 9.87. The molecule has 1 atom stereocenters. The monoisotopic (exact) mass is 427 g/mol. The van der Waals surface area contributed by atoms with Crippen LogP contribution in [-0.2, 0) is 0 Å². The van der Waals surface area contributed by atoms with Crippen LogP contribution in [0, 0.1) is 0 Å². The van der Waals surface area contributed by atoms with Gasteiger partial charge in [0.25, 0.3) is 0 Å². The summed E-state index contributed by atoms with van der Waals surface area (Å²) in [6.45, 7) is 3.12. The van der Waals surface area contributed by atoms with E-state index in [1.165, 1.54) is 35.3 Å². The summed E-state index contributed by atoms with van der Waals surface area (Å²) < 4.78 is 2.29. The second-order valence-electron chi connectivity index (χ2n) is 5.56. The van der Waals surface area contributed by atoms with Crippen molar-refractivity contribution < 1.29 is 0 Å². The first kappa shape index (κ1) is 15.7. The normalized spacial score (nSPS) is 16.7. The fourth-order valence-corrected chi connectivity index (χ4v) is 4.99. The van der Waals surface area contributed by atoms with Gasteiger partial charge in [0.1, 0.15) is 0 Å². The van der Waals surface area contributed by atoms with Crippen LogP contribution in [0.25, 0.3) is 0 Å². The molecule has 0 bridgehead atoms. The number of thiophene rings is 1. The van der Waals surface area contributed by atoms with Gasteiger partial charge in [-0.2, -0.15) is 0 Å². The molecule has 1 unspecified atom stereocenters. The summed E-state index contributed by atoms with van der Waals surface area (Å²) in [5, 5.41) is 3.60. The number of rotatable bonds is 5. The van der Waals surface area contributed by atoms with E-state index in [0.29, 0.717) is 0 Å². The Hall–Kier alpha value is -0.160. The van der Waals surface area contributed by atoms with Gasteiger partial charge < -0.3 is 5.32 Å². The molecule has 0 spiro atoms. The third kappa shape index (κ3) is 3.44. The lowest BCUT2D eigenvalue weighted by Crippen LogP contribution is -2.21. The molecule has 1 aliphatic rings. The van der Waals surface area contributed by atoms with E-state index in [9.17, 15) is 0 Å². The average molecular weight is 429 g/mol. The van der Waals surface area contributed by atoms with Crippen molar-refractivity contribution in [3.8, 4) is 0 Å². The molecule has 2 aromatic rings. The fourth-order valence-electron chi connectivity index (χ4n) is 2.79. The van der Waals surface area contributed by atoms with Crippen molar-refractivity contribution in [2.75, 3.05) is 6.54 Å². The number of benzene rings is 1. The number of halogens is 2. The van der Waals surface area contributed by atoms with E-state index in [4.69, 9.17) is 0 Å². The summed E-state index contributed by atoms with van der Waals surface area (Å²) >= 11 is 8.98. The third-order valence-corrected chi connectivity index (χ3v) is 7.52. The summed E-state index contributed by atoms with van der Waals surface area (Å²) in [4.78, 5) is 1.34. The van der Waals surface area contributed by atoms with Gasteiger partial charge in [0.2, 0.25) is 0 Å². The zero-order chi connectivity index (χ0) is 14.8. The van der Waals surface area contributed by atoms with Crippen LogP contribution in [0.3, 0.4) is 0 Å². The molecule has 0 saturated heterocycles. The standard InChI is InChI=1S/C17H19Br2NS/c1-2-20-16(15-10-14(18)17(19)21-15)13-8-6-12(7-9-13)11-4-3-5-11/h6-11,16,20H,2-5H2,1H3. The minimum absolute atomic E-state index is 0.276. The fraction of sp³-hybridized carbons (Fsp3) is 0.412. The van der Waals surface area contributed by atoms with Gasteiger partial charge in [0.05, 0.1) is 9.83 Å². The summed E-state index contributed by atoms with van der Waals surface area (Å²) in [6.07, 6.45) is 4.12. The quantitative estimate of drug-likeness (QED) is 0.594. The summed E-state index contributed by atoms with van der Waals surface area (Å²) in [5.74, 6) is 0.807. The Morgan fingerprint density at radius 3 is 2.43 bits per heavy atom. The van der Waals surface area contributed by atoms with Gasteiger partial charge in [-0.05, 0) is 74.4 Å². The maximum absolute atomic E-state index is 3.60. The van der Waals surface area contributed by atoms with E-state index < -0.39 is 0 Å². The van der Waals surface area contributed by atoms with Gasteiger partial charge in [-0.1, -0.05) is 37.6 Å². The molecule has 1 fully saturated rings. The van der Waals surface area contributed by atoms with Crippen molar-refractivity contribution in [2.45, 2.75) is 38.1 Å². The average Bonchev–Trinajstić information content (AvgIpc) is 2.75. The third-order valence-electron chi connectivity index (χ3n) is 4.20. The molecule has 1 nitrogen and oxygen atoms in total. The number of nitrogens with one attached hydrogen (secondary N) is 1. The molecule has 1 aromatic heterocycles. The molecule has 1 aromatic carbocycles. The van der Waals surface area contributed by atoms with E-state index in [1.807, 2.05) is 0 Å². The van der Waals surface area contributed by atoms with Gasteiger partial charge >= 0.3 is 0 Å². The molecule has 1 heterocycles. The van der Waals surface area contributed by atoms with Crippen molar-refractivity contribution in [2.24, 2.45) is 0 Å². The molecule has 0 radical (unpaired) electrons. The summed E-state index contributed by atoms with van der Waals surface area (Å²) in [6, 6.07) is 11.7. The molecule has 4 heteroatoms. The predicted octanol–water partition coefficient (Wildman–Crippen LogP) is 6.24. The van der Waals surface area contributed by atoms with Gasteiger partial charge in [-0.25, -0.2) is 0 Å². The van der Waals surface area contributed by atoms with E-state index in [1.54, 1.807) is 11.3 Å². The molecular weight excluding hydrogens is 410 g/mol. The minimum Gasteiger partial charge on any atom is -0.306 e. The van der Waals surface area contributed by atoms with Crippen LogP contribution in [0.2, 0.25) is 0 Å². The van der Waals surface area contributed by atoms with Crippen LogP contribution in [0.5, 0.6) is 0 Å². The Morgan fingerprint density at radius 2 is 1.95 bits per heavy atom. The lowest BCUT2D eigenvalue weighted by Gasteiger charge is -2.26. The first-order chi connectivity index (χ1) is 10.2. The highest BCUT2D eigenvalue weighted by Crippen LogP contribution is 2.39. The van der Waals surface area contributed by atoms with Crippen LogP contribution in [0.15, 0.2) is 38.6 Å². The van der Waals surface area contributed by atoms with Gasteiger partial charge in [-0.15, -0.1) is 11.3 Å². The highest BCUT2D eigenvalue weighted by Gasteiger charge is 2.21. The first-order valence-electron chi connectivity index (χ1n) is 7.47. The van der Waals surface area contributed by atoms with Crippen LogP contribution < -0.4 is 5.32 Å². The molecule has 0 amide bonds. The van der Waals surface area contributed by atoms with Crippen LogP contribution in [0.4, 0.5) is 0 Å². The van der Waals surface area contributed by atoms with Gasteiger partial charge in [0, 0.05) is 9.35 Å². The molecule has 21 heavy (non-hydrogen) atoms. The van der Waals surface area contributed by atoms with Crippen LogP contribution in [-0.4, -0.2) is 6.54 Å². The van der Waals surface area contributed by atoms with Crippen molar-refractivity contribution in [3.63, 3.8) is 0 Å². The van der Waals surface area contributed by atoms with Crippen LogP contribution >= 0.6 is 43.2 Å². The summed E-state index contributed by atoms with van der Waals surface area (Å²) in [5.41, 5.74) is 2.86. The minimum atomic E-state index is 0.276. The smallest absolute Gasteiger partial charge is 0.0843 e. The molecule has 112 valence electrons. The highest BCUT2D eigenvalue weighted by molar-refractivity contribution is 9.13.